The molecule has 2 aromatic carbocycles. The van der Waals surface area contributed by atoms with Crippen LogP contribution in [0.25, 0.3) is 22.4 Å². The number of Topliss-reactive ketones (excluding diaryl/α,β-unsaturated/α-hetero) is 1. The number of halogens is 2. The summed E-state index contributed by atoms with van der Waals surface area (Å²) in [5.74, 6) is -1.02. The number of hydrogen-bond acceptors (Lipinski definition) is 6. The fourth-order valence-corrected chi connectivity index (χ4v) is 3.31. The minimum Gasteiger partial charge on any atom is -0.463 e. The average Bonchev–Trinajstić information content (AvgIpc) is 2.75. The number of ketones is 1. The van der Waals surface area contributed by atoms with Gasteiger partial charge in [-0.15, -0.1) is 0 Å². The number of rotatable bonds is 7. The topological polar surface area (TPSA) is 104 Å². The summed E-state index contributed by atoms with van der Waals surface area (Å²) < 4.78 is 6.07. The third-order valence-corrected chi connectivity index (χ3v) is 5.00. The predicted octanol–water partition coefficient (Wildman–Crippen LogP) is 3.59. The summed E-state index contributed by atoms with van der Waals surface area (Å²) in [7, 11) is 0. The van der Waals surface area contributed by atoms with Crippen LogP contribution in [0.3, 0.4) is 0 Å². The molecule has 0 aliphatic carbocycles. The van der Waals surface area contributed by atoms with E-state index < -0.39 is 17.3 Å². The molecular weight excluding hydrogens is 441 g/mol. The Morgan fingerprint density at radius 3 is 2.06 bits per heavy atom. The van der Waals surface area contributed by atoms with Crippen molar-refractivity contribution in [3.05, 3.63) is 74.5 Å². The molecule has 0 fully saturated rings. The Kier molecular flexibility index (Phi) is 7.22. The van der Waals surface area contributed by atoms with E-state index >= 15 is 0 Å². The quantitative estimate of drug-likeness (QED) is 0.427. The summed E-state index contributed by atoms with van der Waals surface area (Å²) in [6.45, 7) is 0.903. The second-order valence-electron chi connectivity index (χ2n) is 6.62. The van der Waals surface area contributed by atoms with Gasteiger partial charge in [-0.1, -0.05) is 47.5 Å². The van der Waals surface area contributed by atoms with Crippen molar-refractivity contribution in [3.8, 4) is 22.4 Å². The molecule has 1 aromatic heterocycles. The predicted molar refractivity (Wildman–Crippen MR) is 119 cm³/mol. The molecule has 160 valence electrons. The van der Waals surface area contributed by atoms with Gasteiger partial charge in [0.2, 0.25) is 0 Å². The van der Waals surface area contributed by atoms with Gasteiger partial charge in [0.05, 0.1) is 24.3 Å². The highest BCUT2D eigenvalue weighted by Gasteiger charge is 2.23. The molecule has 0 unspecified atom stereocenters. The fraction of sp³-hybridized carbons (Fsp3) is 0.182. The lowest BCUT2D eigenvalue weighted by Gasteiger charge is -2.16. The van der Waals surface area contributed by atoms with E-state index in [0.29, 0.717) is 32.4 Å². The number of benzene rings is 2. The van der Waals surface area contributed by atoms with Gasteiger partial charge in [-0.25, -0.2) is 4.68 Å². The van der Waals surface area contributed by atoms with E-state index in [9.17, 15) is 14.4 Å². The first-order valence-electron chi connectivity index (χ1n) is 9.35. The standard InChI is InChI=1S/C22H19Cl2N3O4/c1-13(28)19-20(14-2-6-16(23)7-3-14)21(15-4-8-17(24)9-5-15)26-27(22(19)30)10-11-31-18(29)12-25/h2-9H,10-12,25H2,1H3. The lowest BCUT2D eigenvalue weighted by Crippen LogP contribution is -2.32. The molecule has 7 nitrogen and oxygen atoms in total. The number of esters is 1. The molecule has 0 spiro atoms. The van der Waals surface area contributed by atoms with Crippen molar-refractivity contribution in [3.63, 3.8) is 0 Å². The number of carbonyl (C=O) groups excluding carboxylic acids is 2. The van der Waals surface area contributed by atoms with Crippen molar-refractivity contribution in [1.29, 1.82) is 0 Å². The van der Waals surface area contributed by atoms with Crippen LogP contribution in [-0.2, 0) is 16.1 Å². The minimum atomic E-state index is -0.601. The highest BCUT2D eigenvalue weighted by Crippen LogP contribution is 2.33. The first kappa shape index (κ1) is 22.7. The van der Waals surface area contributed by atoms with Crippen LogP contribution in [0.4, 0.5) is 0 Å². The van der Waals surface area contributed by atoms with Gasteiger partial charge in [0.1, 0.15) is 6.61 Å². The number of ether oxygens (including phenoxy) is 1. The molecule has 9 heteroatoms. The van der Waals surface area contributed by atoms with Gasteiger partial charge in [-0.05, 0) is 36.8 Å². The van der Waals surface area contributed by atoms with Crippen LogP contribution < -0.4 is 11.3 Å². The Morgan fingerprint density at radius 2 is 1.55 bits per heavy atom. The second-order valence-corrected chi connectivity index (χ2v) is 7.49. The van der Waals surface area contributed by atoms with Crippen molar-refractivity contribution in [2.45, 2.75) is 13.5 Å². The first-order valence-corrected chi connectivity index (χ1v) is 10.1. The van der Waals surface area contributed by atoms with Crippen LogP contribution in [0.1, 0.15) is 17.3 Å². The van der Waals surface area contributed by atoms with Gasteiger partial charge in [0.15, 0.2) is 5.78 Å². The maximum atomic E-state index is 13.1. The smallest absolute Gasteiger partial charge is 0.319 e. The lowest BCUT2D eigenvalue weighted by molar-refractivity contribution is -0.142. The van der Waals surface area contributed by atoms with Crippen molar-refractivity contribution in [1.82, 2.24) is 9.78 Å². The first-order chi connectivity index (χ1) is 14.8. The molecule has 0 radical (unpaired) electrons. The monoisotopic (exact) mass is 459 g/mol. The van der Waals surface area contributed by atoms with Crippen molar-refractivity contribution in [2.75, 3.05) is 13.2 Å². The number of aromatic nitrogens is 2. The van der Waals surface area contributed by atoms with Crippen LogP contribution in [0.2, 0.25) is 10.0 Å². The SMILES string of the molecule is CC(=O)c1c(-c2ccc(Cl)cc2)c(-c2ccc(Cl)cc2)nn(CCOC(=O)CN)c1=O. The van der Waals surface area contributed by atoms with Crippen molar-refractivity contribution >= 4 is 35.0 Å². The fourth-order valence-electron chi connectivity index (χ4n) is 3.06. The number of nitrogens with two attached hydrogens (primary N) is 1. The number of carbonyl (C=O) groups is 2. The van der Waals surface area contributed by atoms with Gasteiger partial charge >= 0.3 is 5.97 Å². The summed E-state index contributed by atoms with van der Waals surface area (Å²) in [6, 6.07) is 13.7. The Labute approximate surface area is 188 Å². The molecule has 3 aromatic rings. The van der Waals surface area contributed by atoms with Gasteiger partial charge in [-0.3, -0.25) is 14.4 Å². The normalized spacial score (nSPS) is 10.7. The van der Waals surface area contributed by atoms with E-state index in [1.165, 1.54) is 6.92 Å². The van der Waals surface area contributed by atoms with Gasteiger partial charge in [-0.2, -0.15) is 5.10 Å². The summed E-state index contributed by atoms with van der Waals surface area (Å²) in [5, 5.41) is 5.54. The summed E-state index contributed by atoms with van der Waals surface area (Å²) >= 11 is 12.0. The maximum Gasteiger partial charge on any atom is 0.319 e. The molecule has 0 aliphatic heterocycles. The zero-order valence-corrected chi connectivity index (χ0v) is 18.1. The third-order valence-electron chi connectivity index (χ3n) is 4.49. The Balaban J connectivity index is 2.24. The average molecular weight is 460 g/mol. The third kappa shape index (κ3) is 5.19. The van der Waals surface area contributed by atoms with Crippen LogP contribution >= 0.6 is 23.2 Å². The Morgan fingerprint density at radius 1 is 1.00 bits per heavy atom. The summed E-state index contributed by atoms with van der Waals surface area (Å²) in [6.07, 6.45) is 0. The van der Waals surface area contributed by atoms with Gasteiger partial charge in [0, 0.05) is 21.2 Å². The highest BCUT2D eigenvalue weighted by molar-refractivity contribution is 6.31. The second kappa shape index (κ2) is 9.87. The van der Waals surface area contributed by atoms with Crippen molar-refractivity contribution in [2.24, 2.45) is 5.73 Å². The molecule has 0 bridgehead atoms. The molecule has 0 amide bonds. The highest BCUT2D eigenvalue weighted by atomic mass is 35.5. The number of nitrogens with zero attached hydrogens (tertiary/aromatic N) is 2. The Bertz CT molecular complexity index is 1170. The van der Waals surface area contributed by atoms with Crippen LogP contribution in [0.15, 0.2) is 53.3 Å². The van der Waals surface area contributed by atoms with Crippen LogP contribution in [-0.4, -0.2) is 34.7 Å². The molecule has 0 saturated heterocycles. The van der Waals surface area contributed by atoms with E-state index in [2.05, 4.69) is 5.10 Å². The van der Waals surface area contributed by atoms with E-state index in [-0.39, 0.29) is 25.3 Å². The maximum absolute atomic E-state index is 13.1. The lowest BCUT2D eigenvalue weighted by atomic mass is 9.94. The van der Waals surface area contributed by atoms with Crippen molar-refractivity contribution < 1.29 is 14.3 Å². The van der Waals surface area contributed by atoms with Crippen LogP contribution in [0, 0.1) is 0 Å². The molecule has 0 saturated carbocycles. The molecule has 0 atom stereocenters. The molecule has 3 rings (SSSR count). The zero-order chi connectivity index (χ0) is 22.5. The minimum absolute atomic E-state index is 0.0209. The van der Waals surface area contributed by atoms with Crippen LogP contribution in [0.5, 0.6) is 0 Å². The van der Waals surface area contributed by atoms with E-state index in [1.807, 2.05) is 0 Å². The van der Waals surface area contributed by atoms with Gasteiger partial charge in [0.25, 0.3) is 5.56 Å². The number of hydrogen-bond donors (Lipinski definition) is 1. The molecule has 31 heavy (non-hydrogen) atoms. The molecule has 0 aliphatic rings. The molecular formula is C22H19Cl2N3O4. The van der Waals surface area contributed by atoms with E-state index in [1.54, 1.807) is 48.5 Å². The van der Waals surface area contributed by atoms with E-state index in [4.69, 9.17) is 33.7 Å². The Hall–Kier alpha value is -3.00. The largest absolute Gasteiger partial charge is 0.463 e. The summed E-state index contributed by atoms with van der Waals surface area (Å²) in [4.78, 5) is 37.0. The van der Waals surface area contributed by atoms with Gasteiger partial charge < -0.3 is 10.5 Å². The molecule has 1 heterocycles. The summed E-state index contributed by atoms with van der Waals surface area (Å²) in [5.41, 5.74) is 6.70. The molecule has 2 N–H and O–H groups in total. The zero-order valence-electron chi connectivity index (χ0n) is 16.6. The van der Waals surface area contributed by atoms with E-state index in [0.717, 1.165) is 4.68 Å².